The van der Waals surface area contributed by atoms with Crippen molar-refractivity contribution in [1.29, 1.82) is 0 Å². The Morgan fingerprint density at radius 1 is 1.48 bits per heavy atom. The number of methoxy groups -OCH3 is 1. The van der Waals surface area contributed by atoms with Crippen molar-refractivity contribution in [3.8, 4) is 0 Å². The van der Waals surface area contributed by atoms with Gasteiger partial charge in [0.05, 0.1) is 16.8 Å². The first-order valence-corrected chi connectivity index (χ1v) is 9.94. The molecule has 1 aromatic heterocycles. The van der Waals surface area contributed by atoms with Crippen LogP contribution in [0.5, 0.6) is 0 Å². The number of nitrogens with one attached hydrogen (secondary N) is 2. The van der Waals surface area contributed by atoms with Gasteiger partial charge in [-0.2, -0.15) is 11.8 Å². The van der Waals surface area contributed by atoms with Crippen LogP contribution in [0.2, 0.25) is 0 Å². The van der Waals surface area contributed by atoms with Gasteiger partial charge in [0.25, 0.3) is 0 Å². The van der Waals surface area contributed by atoms with Gasteiger partial charge in [0.15, 0.2) is 11.5 Å². The molecule has 5 N–H and O–H groups in total. The normalized spacial score (nSPS) is 11.0. The lowest BCUT2D eigenvalue weighted by Crippen LogP contribution is -2.22. The molecule has 27 heavy (non-hydrogen) atoms. The van der Waals surface area contributed by atoms with E-state index in [1.54, 1.807) is 18.9 Å². The number of aromatic nitrogens is 2. The summed E-state index contributed by atoms with van der Waals surface area (Å²) in [5.41, 5.74) is 7.61. The van der Waals surface area contributed by atoms with E-state index in [1.165, 1.54) is 18.2 Å². The topological polar surface area (TPSA) is 131 Å². The van der Waals surface area contributed by atoms with Crippen LogP contribution in [-0.4, -0.2) is 60.2 Å². The van der Waals surface area contributed by atoms with Crippen molar-refractivity contribution in [2.75, 3.05) is 44.1 Å². The lowest BCUT2D eigenvalue weighted by molar-refractivity contribution is 0.207. The van der Waals surface area contributed by atoms with Crippen LogP contribution in [0.25, 0.3) is 0 Å². The van der Waals surface area contributed by atoms with Crippen molar-refractivity contribution in [3.05, 3.63) is 34.2 Å². The van der Waals surface area contributed by atoms with Gasteiger partial charge in [-0.05, 0) is 50.7 Å². The molecule has 2 rings (SSSR count). The highest BCUT2D eigenvalue weighted by atomic mass is 79.9. The first-order chi connectivity index (χ1) is 13.1. The Morgan fingerprint density at radius 2 is 2.26 bits per heavy atom. The highest BCUT2D eigenvalue weighted by molar-refractivity contribution is 9.10. The van der Waals surface area contributed by atoms with Crippen LogP contribution in [0, 0.1) is 5.82 Å². The summed E-state index contributed by atoms with van der Waals surface area (Å²) in [4.78, 5) is 4.16. The number of amidine groups is 1. The summed E-state index contributed by atoms with van der Waals surface area (Å²) in [6.45, 7) is 1.94. The molecule has 0 bridgehead atoms. The number of hydroxylamine groups is 1. The van der Waals surface area contributed by atoms with Crippen LogP contribution in [0.15, 0.2) is 32.3 Å². The Balaban J connectivity index is 0.000000646. The van der Waals surface area contributed by atoms with Crippen molar-refractivity contribution in [2.24, 2.45) is 10.7 Å². The zero-order valence-electron chi connectivity index (χ0n) is 14.9. The number of benzene rings is 1. The molecule has 2 aromatic rings. The molecule has 0 spiro atoms. The molecule has 0 fully saturated rings. The third-order valence-corrected chi connectivity index (χ3v) is 4.10. The molecule has 0 saturated carbocycles. The number of hydrogen-bond donors (Lipinski definition) is 4. The van der Waals surface area contributed by atoms with Crippen molar-refractivity contribution in [1.82, 2.24) is 15.8 Å². The molecule has 0 radical (unpaired) electrons. The zero-order chi connectivity index (χ0) is 20.1. The maximum Gasteiger partial charge on any atom is 0.202 e. The van der Waals surface area contributed by atoms with E-state index in [2.05, 4.69) is 45.9 Å². The Hall–Kier alpha value is -1.73. The monoisotopic (exact) mass is 464 g/mol. The minimum atomic E-state index is -0.403. The molecule has 0 amide bonds. The first kappa shape index (κ1) is 23.3. The van der Waals surface area contributed by atoms with Gasteiger partial charge >= 0.3 is 0 Å². The summed E-state index contributed by atoms with van der Waals surface area (Å²) in [5.74, 6) is 0.859. The zero-order valence-corrected chi connectivity index (χ0v) is 17.3. The maximum absolute atomic E-state index is 13.2. The number of ether oxygens (including phenoxy) is 1. The largest absolute Gasteiger partial charge is 0.383 e. The average Bonchev–Trinajstić information content (AvgIpc) is 3.12. The van der Waals surface area contributed by atoms with Crippen molar-refractivity contribution in [2.45, 2.75) is 0 Å². The number of nitrogens with zero attached hydrogens (tertiary/aromatic N) is 3. The van der Waals surface area contributed by atoms with Crippen molar-refractivity contribution >= 4 is 45.0 Å². The number of aliphatic imine (C=N–C) groups is 1. The van der Waals surface area contributed by atoms with E-state index in [0.717, 1.165) is 5.75 Å². The van der Waals surface area contributed by atoms with Crippen LogP contribution in [0.4, 0.5) is 15.9 Å². The second kappa shape index (κ2) is 13.4. The summed E-state index contributed by atoms with van der Waals surface area (Å²) in [7, 11) is 1.63. The van der Waals surface area contributed by atoms with E-state index < -0.39 is 5.82 Å². The number of hydrogen-bond acceptors (Lipinski definition) is 9. The summed E-state index contributed by atoms with van der Waals surface area (Å²) in [6.07, 6.45) is 1.98. The van der Waals surface area contributed by atoms with E-state index >= 15 is 0 Å². The van der Waals surface area contributed by atoms with E-state index in [4.69, 9.17) is 5.73 Å². The molecule has 12 heteroatoms. The molecule has 1 aromatic carbocycles. The van der Waals surface area contributed by atoms with E-state index in [0.29, 0.717) is 31.2 Å². The van der Waals surface area contributed by atoms with E-state index in [-0.39, 0.29) is 16.0 Å². The van der Waals surface area contributed by atoms with Gasteiger partial charge in [-0.1, -0.05) is 0 Å². The lowest BCUT2D eigenvalue weighted by Gasteiger charge is -2.05. The maximum atomic E-state index is 13.2. The number of anilines is 1. The summed E-state index contributed by atoms with van der Waals surface area (Å²) in [6, 6.07) is 4.20. The third-order valence-electron chi connectivity index (χ3n) is 2.88. The molecule has 0 aliphatic rings. The molecular weight excluding hydrogens is 443 g/mol. The molecule has 0 aliphatic heterocycles. The molecule has 9 nitrogen and oxygen atoms in total. The Bertz CT molecular complexity index is 717. The van der Waals surface area contributed by atoms with Crippen molar-refractivity contribution in [3.63, 3.8) is 0 Å². The van der Waals surface area contributed by atoms with Crippen LogP contribution in [0.3, 0.4) is 0 Å². The van der Waals surface area contributed by atoms with Gasteiger partial charge in [0, 0.05) is 26.0 Å². The Morgan fingerprint density at radius 3 is 2.81 bits per heavy atom. The lowest BCUT2D eigenvalue weighted by atomic mass is 10.3. The number of thioether (sulfide) groups is 1. The fraction of sp³-hybridized carbons (Fsp3) is 0.400. The van der Waals surface area contributed by atoms with Crippen LogP contribution in [0.1, 0.15) is 5.69 Å². The second-order valence-corrected chi connectivity index (χ2v) is 6.67. The van der Waals surface area contributed by atoms with Crippen LogP contribution < -0.4 is 16.5 Å². The van der Waals surface area contributed by atoms with Gasteiger partial charge in [-0.25, -0.2) is 14.0 Å². The molecule has 1 heterocycles. The molecule has 0 aliphatic carbocycles. The molecule has 0 unspecified atom stereocenters. The van der Waals surface area contributed by atoms with Crippen LogP contribution >= 0.6 is 27.7 Å². The number of nitrogens with two attached hydrogens (primary N) is 1. The average molecular weight is 465 g/mol. The van der Waals surface area contributed by atoms with E-state index in [9.17, 15) is 9.60 Å². The predicted molar refractivity (Wildman–Crippen MR) is 107 cm³/mol. The molecule has 150 valence electrons. The fourth-order valence-electron chi connectivity index (χ4n) is 1.66. The van der Waals surface area contributed by atoms with Crippen LogP contribution in [-0.2, 0) is 4.74 Å². The summed E-state index contributed by atoms with van der Waals surface area (Å²) >= 11 is 4.75. The SMILES string of the molecule is COCCN.CSCCNc1nonc1C(=Nc1ccc(F)c(Br)c1)NO. The minimum absolute atomic E-state index is 0.0337. The number of halogens is 2. The highest BCUT2D eigenvalue weighted by Crippen LogP contribution is 2.23. The van der Waals surface area contributed by atoms with Gasteiger partial charge < -0.3 is 15.8 Å². The second-order valence-electron chi connectivity index (χ2n) is 4.83. The van der Waals surface area contributed by atoms with Crippen molar-refractivity contribution < 1.29 is 19.0 Å². The van der Waals surface area contributed by atoms with Gasteiger partial charge in [-0.3, -0.25) is 10.7 Å². The fourth-order valence-corrected chi connectivity index (χ4v) is 2.34. The quantitative estimate of drug-likeness (QED) is 0.201. The standard InChI is InChI=1S/C12H13BrFN5O2S.C3H9NO/c1-22-5-4-15-11-10(18-21-19-11)12(17-20)16-7-2-3-9(14)8(13)6-7;1-5-3-2-4/h2-3,6,20H,4-5H2,1H3,(H,15,19)(H,16,17);2-4H2,1H3. The molecular formula is C15H22BrFN6O3S. The van der Waals surface area contributed by atoms with Gasteiger partial charge in [-0.15, -0.1) is 0 Å². The summed E-state index contributed by atoms with van der Waals surface area (Å²) < 4.78 is 22.7. The molecule has 0 saturated heterocycles. The minimum Gasteiger partial charge on any atom is -0.383 e. The smallest absolute Gasteiger partial charge is 0.202 e. The summed E-state index contributed by atoms with van der Waals surface area (Å²) in [5, 5.41) is 19.7. The highest BCUT2D eigenvalue weighted by Gasteiger charge is 2.16. The van der Waals surface area contributed by atoms with E-state index in [1.807, 2.05) is 11.7 Å². The molecule has 0 atom stereocenters. The van der Waals surface area contributed by atoms with Gasteiger partial charge in [0.2, 0.25) is 5.82 Å². The predicted octanol–water partition coefficient (Wildman–Crippen LogP) is 2.39. The first-order valence-electron chi connectivity index (χ1n) is 7.75. The Kier molecular flexibility index (Phi) is 11.6. The Labute approximate surface area is 169 Å². The van der Waals surface area contributed by atoms with Gasteiger partial charge in [0.1, 0.15) is 5.82 Å². The number of rotatable bonds is 8. The third kappa shape index (κ3) is 8.22.